The number of nitrogens with zero attached hydrogens (tertiary/aromatic N) is 1. The maximum atomic E-state index is 10.8. The van der Waals surface area contributed by atoms with Crippen molar-refractivity contribution in [3.05, 3.63) is 33.9 Å². The maximum Gasteiger partial charge on any atom is 0.310 e. The highest BCUT2D eigenvalue weighted by Gasteiger charge is 2.16. The average molecular weight is 272 g/mol. The Balaban J connectivity index is 2.82. The SMILES string of the molecule is COc1cc(CC(Cl)CC(C)C)ccc1[N+](=O)[O-]. The summed E-state index contributed by atoms with van der Waals surface area (Å²) in [6, 6.07) is 4.89. The number of alkyl halides is 1. The van der Waals surface area contributed by atoms with Crippen LogP contribution in [0.15, 0.2) is 18.2 Å². The van der Waals surface area contributed by atoms with E-state index in [1.54, 1.807) is 12.1 Å². The van der Waals surface area contributed by atoms with Gasteiger partial charge in [-0.05, 0) is 30.4 Å². The largest absolute Gasteiger partial charge is 0.490 e. The summed E-state index contributed by atoms with van der Waals surface area (Å²) in [5, 5.41) is 10.8. The van der Waals surface area contributed by atoms with Crippen molar-refractivity contribution in [2.24, 2.45) is 5.92 Å². The van der Waals surface area contributed by atoms with Crippen molar-refractivity contribution in [2.75, 3.05) is 7.11 Å². The first-order chi connectivity index (χ1) is 8.43. The summed E-state index contributed by atoms with van der Waals surface area (Å²) in [6.45, 7) is 4.23. The minimum absolute atomic E-state index is 0.0174. The fourth-order valence-corrected chi connectivity index (χ4v) is 2.38. The lowest BCUT2D eigenvalue weighted by molar-refractivity contribution is -0.385. The van der Waals surface area contributed by atoms with E-state index in [4.69, 9.17) is 16.3 Å². The van der Waals surface area contributed by atoms with Gasteiger partial charge in [0.05, 0.1) is 12.0 Å². The number of ether oxygens (including phenoxy) is 1. The van der Waals surface area contributed by atoms with Crippen LogP contribution in [-0.4, -0.2) is 17.4 Å². The number of nitro benzene ring substituents is 1. The van der Waals surface area contributed by atoms with Crippen molar-refractivity contribution >= 4 is 17.3 Å². The zero-order valence-corrected chi connectivity index (χ0v) is 11.6. The molecule has 0 aliphatic carbocycles. The minimum atomic E-state index is -0.449. The topological polar surface area (TPSA) is 52.4 Å². The van der Waals surface area contributed by atoms with E-state index < -0.39 is 4.92 Å². The number of benzene rings is 1. The molecule has 18 heavy (non-hydrogen) atoms. The molecule has 0 saturated heterocycles. The van der Waals surface area contributed by atoms with Crippen LogP contribution in [0, 0.1) is 16.0 Å². The van der Waals surface area contributed by atoms with Crippen LogP contribution in [0.1, 0.15) is 25.8 Å². The normalized spacial score (nSPS) is 12.5. The fraction of sp³-hybridized carbons (Fsp3) is 0.538. The lowest BCUT2D eigenvalue weighted by Crippen LogP contribution is -2.07. The second-order valence-electron chi connectivity index (χ2n) is 4.69. The highest BCUT2D eigenvalue weighted by molar-refractivity contribution is 6.20. The van der Waals surface area contributed by atoms with E-state index in [0.29, 0.717) is 12.3 Å². The van der Waals surface area contributed by atoms with E-state index in [9.17, 15) is 10.1 Å². The molecule has 1 aromatic rings. The fourth-order valence-electron chi connectivity index (χ4n) is 1.85. The van der Waals surface area contributed by atoms with Gasteiger partial charge in [-0.2, -0.15) is 0 Å². The third-order valence-electron chi connectivity index (χ3n) is 2.63. The van der Waals surface area contributed by atoms with E-state index >= 15 is 0 Å². The molecule has 0 aromatic heterocycles. The molecule has 1 unspecified atom stereocenters. The number of halogens is 1. The van der Waals surface area contributed by atoms with Crippen molar-refractivity contribution < 1.29 is 9.66 Å². The molecule has 0 N–H and O–H groups in total. The van der Waals surface area contributed by atoms with Crippen LogP contribution in [0.3, 0.4) is 0 Å². The Morgan fingerprint density at radius 3 is 2.61 bits per heavy atom. The van der Waals surface area contributed by atoms with E-state index in [-0.39, 0.29) is 16.8 Å². The van der Waals surface area contributed by atoms with Gasteiger partial charge in [0.15, 0.2) is 5.75 Å². The molecular weight excluding hydrogens is 254 g/mol. The smallest absolute Gasteiger partial charge is 0.310 e. The quantitative estimate of drug-likeness (QED) is 0.449. The Morgan fingerprint density at radius 2 is 2.11 bits per heavy atom. The maximum absolute atomic E-state index is 10.8. The molecule has 1 aromatic carbocycles. The third-order valence-corrected chi connectivity index (χ3v) is 2.96. The molecule has 0 aliphatic rings. The monoisotopic (exact) mass is 271 g/mol. The molecule has 4 nitrogen and oxygen atoms in total. The van der Waals surface area contributed by atoms with Gasteiger partial charge in [0.2, 0.25) is 0 Å². The number of rotatable bonds is 6. The third kappa shape index (κ3) is 4.18. The lowest BCUT2D eigenvalue weighted by atomic mass is 10.0. The van der Waals surface area contributed by atoms with Crippen molar-refractivity contribution in [2.45, 2.75) is 32.1 Å². The molecule has 1 rings (SSSR count). The Labute approximate surface area is 112 Å². The van der Waals surface area contributed by atoms with Crippen LogP contribution >= 0.6 is 11.6 Å². The average Bonchev–Trinajstić information content (AvgIpc) is 2.27. The molecule has 0 spiro atoms. The van der Waals surface area contributed by atoms with Gasteiger partial charge in [-0.3, -0.25) is 10.1 Å². The molecular formula is C13H18ClNO3. The Kier molecular flexibility index (Phi) is 5.41. The number of hydrogen-bond acceptors (Lipinski definition) is 3. The van der Waals surface area contributed by atoms with Gasteiger partial charge in [-0.25, -0.2) is 0 Å². The zero-order valence-electron chi connectivity index (χ0n) is 10.9. The van der Waals surface area contributed by atoms with E-state index in [1.165, 1.54) is 13.2 Å². The minimum Gasteiger partial charge on any atom is -0.490 e. The van der Waals surface area contributed by atoms with Gasteiger partial charge in [0.1, 0.15) is 0 Å². The van der Waals surface area contributed by atoms with Crippen LogP contribution in [-0.2, 0) is 6.42 Å². The highest BCUT2D eigenvalue weighted by atomic mass is 35.5. The van der Waals surface area contributed by atoms with Crippen molar-refractivity contribution in [1.29, 1.82) is 0 Å². The Bertz CT molecular complexity index is 421. The second kappa shape index (κ2) is 6.59. The Hall–Kier alpha value is -1.29. The first-order valence-corrected chi connectivity index (χ1v) is 6.33. The van der Waals surface area contributed by atoms with Crippen molar-refractivity contribution in [3.63, 3.8) is 0 Å². The predicted octanol–water partition coefficient (Wildman–Crippen LogP) is 3.80. The van der Waals surface area contributed by atoms with Crippen LogP contribution in [0.2, 0.25) is 0 Å². The number of methoxy groups -OCH3 is 1. The summed E-state index contributed by atoms with van der Waals surface area (Å²) in [6.07, 6.45) is 1.61. The summed E-state index contributed by atoms with van der Waals surface area (Å²) in [7, 11) is 1.43. The molecule has 0 heterocycles. The van der Waals surface area contributed by atoms with E-state index in [1.807, 2.05) is 0 Å². The standard InChI is InChI=1S/C13H18ClNO3/c1-9(2)6-11(14)7-10-4-5-12(15(16)17)13(8-10)18-3/h4-5,8-9,11H,6-7H2,1-3H3. The molecule has 0 bridgehead atoms. The molecule has 0 radical (unpaired) electrons. The Morgan fingerprint density at radius 1 is 1.44 bits per heavy atom. The van der Waals surface area contributed by atoms with Gasteiger partial charge in [0, 0.05) is 11.4 Å². The van der Waals surface area contributed by atoms with Gasteiger partial charge >= 0.3 is 5.69 Å². The second-order valence-corrected chi connectivity index (χ2v) is 5.31. The summed E-state index contributed by atoms with van der Waals surface area (Å²) in [5.74, 6) is 0.818. The van der Waals surface area contributed by atoms with Gasteiger partial charge in [0.25, 0.3) is 0 Å². The predicted molar refractivity (Wildman–Crippen MR) is 72.4 cm³/mol. The molecule has 0 fully saturated rings. The summed E-state index contributed by atoms with van der Waals surface area (Å²) >= 11 is 6.23. The molecule has 5 heteroatoms. The van der Waals surface area contributed by atoms with Crippen LogP contribution in [0.25, 0.3) is 0 Å². The van der Waals surface area contributed by atoms with Gasteiger partial charge in [-0.1, -0.05) is 19.9 Å². The number of hydrogen-bond donors (Lipinski definition) is 0. The zero-order chi connectivity index (χ0) is 13.7. The lowest BCUT2D eigenvalue weighted by Gasteiger charge is -2.12. The molecule has 1 atom stereocenters. The van der Waals surface area contributed by atoms with Crippen LogP contribution < -0.4 is 4.74 Å². The summed E-state index contributed by atoms with van der Waals surface area (Å²) in [5.41, 5.74) is 0.939. The first kappa shape index (κ1) is 14.8. The van der Waals surface area contributed by atoms with E-state index in [0.717, 1.165) is 12.0 Å². The molecule has 0 aliphatic heterocycles. The van der Waals surface area contributed by atoms with Gasteiger partial charge in [-0.15, -0.1) is 11.6 Å². The molecule has 0 saturated carbocycles. The van der Waals surface area contributed by atoms with Crippen molar-refractivity contribution in [1.82, 2.24) is 0 Å². The summed E-state index contributed by atoms with van der Waals surface area (Å²) in [4.78, 5) is 10.3. The summed E-state index contributed by atoms with van der Waals surface area (Å²) < 4.78 is 5.03. The van der Waals surface area contributed by atoms with Crippen molar-refractivity contribution in [3.8, 4) is 5.75 Å². The van der Waals surface area contributed by atoms with E-state index in [2.05, 4.69) is 13.8 Å². The van der Waals surface area contributed by atoms with Crippen LogP contribution in [0.5, 0.6) is 5.75 Å². The number of nitro groups is 1. The van der Waals surface area contributed by atoms with Crippen LogP contribution in [0.4, 0.5) is 5.69 Å². The molecule has 100 valence electrons. The highest BCUT2D eigenvalue weighted by Crippen LogP contribution is 2.28. The molecule has 0 amide bonds. The first-order valence-electron chi connectivity index (χ1n) is 5.89. The van der Waals surface area contributed by atoms with Gasteiger partial charge < -0.3 is 4.74 Å².